The number of nitrogens with two attached hydrogens (primary N) is 2. The van der Waals surface area contributed by atoms with E-state index in [4.69, 9.17) is 20.9 Å². The van der Waals surface area contributed by atoms with Gasteiger partial charge in [-0.1, -0.05) is 0 Å². The molecule has 2 heterocycles. The molecule has 0 fully saturated rings. The fraction of sp³-hybridized carbons (Fsp3) is 0.500. The highest BCUT2D eigenvalue weighted by atomic mass is 16.6. The van der Waals surface area contributed by atoms with Crippen LogP contribution in [0.25, 0.3) is 0 Å². The third-order valence-corrected chi connectivity index (χ3v) is 2.22. The van der Waals surface area contributed by atoms with Crippen LogP contribution in [0.3, 0.4) is 0 Å². The van der Waals surface area contributed by atoms with Gasteiger partial charge in [0, 0.05) is 0 Å². The van der Waals surface area contributed by atoms with Gasteiger partial charge in [0.2, 0.25) is 11.6 Å². The van der Waals surface area contributed by atoms with Crippen LogP contribution in [-0.2, 0) is 0 Å². The first-order valence-corrected chi connectivity index (χ1v) is 5.07. The van der Waals surface area contributed by atoms with Crippen LogP contribution in [0.15, 0.2) is 9.26 Å². The molecular weight excluding hydrogens is 244 g/mol. The second-order valence-corrected chi connectivity index (χ2v) is 3.56. The molecule has 4 N–H and O–H groups in total. The Balaban J connectivity index is 1.95. The summed E-state index contributed by atoms with van der Waals surface area (Å²) >= 11 is 0. The van der Waals surface area contributed by atoms with E-state index in [2.05, 4.69) is 29.9 Å². The van der Waals surface area contributed by atoms with E-state index in [-0.39, 0.29) is 23.4 Å². The summed E-state index contributed by atoms with van der Waals surface area (Å²) in [5, 5.41) is 13.8. The average molecular weight is 256 g/mol. The molecule has 0 aromatic carbocycles. The molecule has 2 aromatic rings. The van der Waals surface area contributed by atoms with Crippen molar-refractivity contribution >= 4 is 11.6 Å². The molecule has 10 nitrogen and oxygen atoms in total. The molecule has 0 aliphatic carbocycles. The topological polar surface area (TPSA) is 148 Å². The van der Waals surface area contributed by atoms with Gasteiger partial charge >= 0.3 is 11.8 Å². The third kappa shape index (κ3) is 2.42. The smallest absolute Gasteiger partial charge is 0.300 e. The Bertz CT molecular complexity index is 465. The molecular formula is C8H12N6O4. The number of anilines is 2. The third-order valence-electron chi connectivity index (χ3n) is 2.22. The summed E-state index contributed by atoms with van der Waals surface area (Å²) < 4.78 is 19.6. The summed E-state index contributed by atoms with van der Waals surface area (Å²) in [7, 11) is 0. The highest BCUT2D eigenvalue weighted by Gasteiger charge is 2.21. The Morgan fingerprint density at radius 1 is 0.833 bits per heavy atom. The SMILES string of the molecule is CC(Oc1nonc1N)C(C)Oc1nonc1N. The fourth-order valence-corrected chi connectivity index (χ4v) is 1.08. The number of ether oxygens (including phenoxy) is 2. The quantitative estimate of drug-likeness (QED) is 0.739. The summed E-state index contributed by atoms with van der Waals surface area (Å²) in [5.74, 6) is 0.335. The Labute approximate surface area is 101 Å². The first-order chi connectivity index (χ1) is 8.58. The summed E-state index contributed by atoms with van der Waals surface area (Å²) in [5.41, 5.74) is 10.9. The lowest BCUT2D eigenvalue weighted by Crippen LogP contribution is -2.31. The van der Waals surface area contributed by atoms with Crippen LogP contribution in [0.5, 0.6) is 11.8 Å². The molecule has 2 unspecified atom stereocenters. The number of aromatic nitrogens is 4. The van der Waals surface area contributed by atoms with E-state index in [0.29, 0.717) is 0 Å². The summed E-state index contributed by atoms with van der Waals surface area (Å²) in [6.07, 6.45) is -0.786. The Hall–Kier alpha value is -2.52. The van der Waals surface area contributed by atoms with E-state index in [1.165, 1.54) is 0 Å². The van der Waals surface area contributed by atoms with Crippen molar-refractivity contribution in [2.24, 2.45) is 0 Å². The second kappa shape index (κ2) is 4.77. The first-order valence-electron chi connectivity index (χ1n) is 5.07. The minimum atomic E-state index is -0.393. The van der Waals surface area contributed by atoms with E-state index in [1.54, 1.807) is 13.8 Å². The van der Waals surface area contributed by atoms with E-state index >= 15 is 0 Å². The van der Waals surface area contributed by atoms with Crippen LogP contribution in [0, 0.1) is 0 Å². The number of hydrogen-bond donors (Lipinski definition) is 2. The Kier molecular flexibility index (Phi) is 3.17. The molecule has 0 bridgehead atoms. The highest BCUT2D eigenvalue weighted by molar-refractivity contribution is 5.38. The Morgan fingerprint density at radius 3 is 1.50 bits per heavy atom. The highest BCUT2D eigenvalue weighted by Crippen LogP contribution is 2.20. The average Bonchev–Trinajstić information content (AvgIpc) is 2.90. The van der Waals surface area contributed by atoms with Crippen molar-refractivity contribution in [2.75, 3.05) is 11.5 Å². The lowest BCUT2D eigenvalue weighted by Gasteiger charge is -2.19. The van der Waals surface area contributed by atoms with E-state index in [9.17, 15) is 0 Å². The molecule has 18 heavy (non-hydrogen) atoms. The largest absolute Gasteiger partial charge is 0.466 e. The normalized spacial score (nSPS) is 14.1. The van der Waals surface area contributed by atoms with Gasteiger partial charge in [-0.25, -0.2) is 9.26 Å². The number of hydrogen-bond acceptors (Lipinski definition) is 10. The molecule has 2 rings (SSSR count). The van der Waals surface area contributed by atoms with Crippen molar-refractivity contribution in [1.82, 2.24) is 20.6 Å². The van der Waals surface area contributed by atoms with Crippen LogP contribution >= 0.6 is 0 Å². The van der Waals surface area contributed by atoms with E-state index < -0.39 is 12.2 Å². The van der Waals surface area contributed by atoms with Gasteiger partial charge in [0.05, 0.1) is 0 Å². The molecule has 0 spiro atoms. The van der Waals surface area contributed by atoms with Crippen LogP contribution in [0.4, 0.5) is 11.6 Å². The van der Waals surface area contributed by atoms with Gasteiger partial charge in [-0.2, -0.15) is 0 Å². The van der Waals surface area contributed by atoms with Crippen LogP contribution in [0.2, 0.25) is 0 Å². The van der Waals surface area contributed by atoms with Crippen molar-refractivity contribution in [3.8, 4) is 11.8 Å². The molecule has 0 saturated heterocycles. The zero-order valence-electron chi connectivity index (χ0n) is 9.73. The number of nitrogens with zero attached hydrogens (tertiary/aromatic N) is 4. The molecule has 0 aliphatic heterocycles. The predicted molar refractivity (Wildman–Crippen MR) is 57.6 cm³/mol. The summed E-state index contributed by atoms with van der Waals surface area (Å²) in [4.78, 5) is 0. The molecule has 10 heteroatoms. The first kappa shape index (κ1) is 12.0. The maximum atomic E-state index is 5.46. The van der Waals surface area contributed by atoms with Crippen LogP contribution in [0.1, 0.15) is 13.8 Å². The van der Waals surface area contributed by atoms with Crippen molar-refractivity contribution in [1.29, 1.82) is 0 Å². The second-order valence-electron chi connectivity index (χ2n) is 3.56. The molecule has 98 valence electrons. The standard InChI is InChI=1S/C8H12N6O4/c1-3(15-7-5(9)11-17-13-7)4(2)16-8-6(10)12-18-14-8/h3-4H,1-2H3,(H2,9,11)(H2,10,12). The lowest BCUT2D eigenvalue weighted by molar-refractivity contribution is 0.0661. The molecule has 0 aliphatic rings. The fourth-order valence-electron chi connectivity index (χ4n) is 1.08. The van der Waals surface area contributed by atoms with E-state index in [0.717, 1.165) is 0 Å². The van der Waals surface area contributed by atoms with Gasteiger partial charge in [-0.05, 0) is 34.5 Å². The van der Waals surface area contributed by atoms with Gasteiger partial charge in [0.1, 0.15) is 12.2 Å². The molecule has 0 radical (unpaired) electrons. The zero-order chi connectivity index (χ0) is 13.1. The Morgan fingerprint density at radius 2 is 1.22 bits per heavy atom. The van der Waals surface area contributed by atoms with Crippen LogP contribution in [-0.4, -0.2) is 32.8 Å². The van der Waals surface area contributed by atoms with Crippen molar-refractivity contribution in [3.63, 3.8) is 0 Å². The van der Waals surface area contributed by atoms with Gasteiger partial charge in [0.15, 0.2) is 0 Å². The minimum absolute atomic E-state index is 0.0664. The number of nitrogen functional groups attached to an aromatic ring is 2. The van der Waals surface area contributed by atoms with Gasteiger partial charge < -0.3 is 20.9 Å². The zero-order valence-corrected chi connectivity index (χ0v) is 9.73. The molecule has 0 saturated carbocycles. The minimum Gasteiger partial charge on any atom is -0.466 e. The molecule has 0 amide bonds. The lowest BCUT2D eigenvalue weighted by atomic mass is 10.2. The van der Waals surface area contributed by atoms with Crippen molar-refractivity contribution in [2.45, 2.75) is 26.1 Å². The van der Waals surface area contributed by atoms with Crippen LogP contribution < -0.4 is 20.9 Å². The molecule has 2 aromatic heterocycles. The molecule has 2 atom stereocenters. The van der Waals surface area contributed by atoms with Crippen molar-refractivity contribution < 1.29 is 18.7 Å². The van der Waals surface area contributed by atoms with Gasteiger partial charge in [0.25, 0.3) is 0 Å². The van der Waals surface area contributed by atoms with Gasteiger partial charge in [-0.3, -0.25) is 0 Å². The maximum absolute atomic E-state index is 5.46. The summed E-state index contributed by atoms with van der Waals surface area (Å²) in [6.45, 7) is 3.50. The number of rotatable bonds is 5. The maximum Gasteiger partial charge on any atom is 0.300 e. The summed E-state index contributed by atoms with van der Waals surface area (Å²) in [6, 6.07) is 0. The van der Waals surface area contributed by atoms with Gasteiger partial charge in [-0.15, -0.1) is 0 Å². The predicted octanol–water partition coefficient (Wildman–Crippen LogP) is -0.148. The van der Waals surface area contributed by atoms with Crippen molar-refractivity contribution in [3.05, 3.63) is 0 Å². The van der Waals surface area contributed by atoms with E-state index in [1.807, 2.05) is 0 Å². The monoisotopic (exact) mass is 256 g/mol.